The first-order valence-electron chi connectivity index (χ1n) is 4.83. The molecule has 0 aromatic rings. The Kier molecular flexibility index (Phi) is 4.73. The lowest BCUT2D eigenvalue weighted by Gasteiger charge is -2.34. The minimum Gasteiger partial charge on any atom is -0.322 e. The molecule has 3 amide bonds. The summed E-state index contributed by atoms with van der Waals surface area (Å²) in [5.41, 5.74) is 0. The molecule has 0 radical (unpaired) electrons. The number of rotatable bonds is 1. The first-order chi connectivity index (χ1) is 7.02. The molecule has 15 heavy (non-hydrogen) atoms. The minimum atomic E-state index is -0.444. The van der Waals surface area contributed by atoms with E-state index in [0.717, 1.165) is 0 Å². The lowest BCUT2D eigenvalue weighted by atomic mass is 10.3. The maximum Gasteiger partial charge on any atom is 0.324 e. The molecule has 1 aliphatic rings. The molecule has 2 unspecified atom stereocenters. The van der Waals surface area contributed by atoms with Crippen LogP contribution in [0.25, 0.3) is 0 Å². The number of thioether (sulfide) groups is 1. The SMILES string of the molecule is CC1CN(C(=O)NC(=O)CCl)CC(C)S1. The van der Waals surface area contributed by atoms with Gasteiger partial charge < -0.3 is 4.90 Å². The van der Waals surface area contributed by atoms with Crippen LogP contribution >= 0.6 is 23.4 Å². The van der Waals surface area contributed by atoms with Gasteiger partial charge in [-0.05, 0) is 0 Å². The van der Waals surface area contributed by atoms with Crippen molar-refractivity contribution in [2.45, 2.75) is 24.3 Å². The zero-order valence-electron chi connectivity index (χ0n) is 8.83. The van der Waals surface area contributed by atoms with Gasteiger partial charge >= 0.3 is 6.03 Å². The van der Waals surface area contributed by atoms with Gasteiger partial charge in [0.15, 0.2) is 0 Å². The van der Waals surface area contributed by atoms with Crippen molar-refractivity contribution >= 4 is 35.3 Å². The molecule has 0 aromatic carbocycles. The number of halogens is 1. The maximum atomic E-state index is 11.6. The Morgan fingerprint density at radius 3 is 2.40 bits per heavy atom. The van der Waals surface area contributed by atoms with Crippen LogP contribution < -0.4 is 5.32 Å². The van der Waals surface area contributed by atoms with Gasteiger partial charge in [-0.1, -0.05) is 13.8 Å². The smallest absolute Gasteiger partial charge is 0.322 e. The van der Waals surface area contributed by atoms with E-state index in [2.05, 4.69) is 19.2 Å². The molecule has 1 saturated heterocycles. The number of amides is 3. The maximum absolute atomic E-state index is 11.6. The molecule has 0 bridgehead atoms. The van der Waals surface area contributed by atoms with E-state index in [0.29, 0.717) is 23.6 Å². The number of nitrogens with one attached hydrogen (secondary N) is 1. The van der Waals surface area contributed by atoms with E-state index in [9.17, 15) is 9.59 Å². The summed E-state index contributed by atoms with van der Waals surface area (Å²) in [5, 5.41) is 3.06. The molecule has 2 atom stereocenters. The lowest BCUT2D eigenvalue weighted by Crippen LogP contribution is -2.50. The van der Waals surface area contributed by atoms with Crippen molar-refractivity contribution < 1.29 is 9.59 Å². The van der Waals surface area contributed by atoms with E-state index in [-0.39, 0.29) is 11.9 Å². The van der Waals surface area contributed by atoms with E-state index >= 15 is 0 Å². The summed E-state index contributed by atoms with van der Waals surface area (Å²) in [7, 11) is 0. The molecule has 1 N–H and O–H groups in total. The zero-order valence-corrected chi connectivity index (χ0v) is 10.4. The van der Waals surface area contributed by atoms with Gasteiger partial charge in [-0.3, -0.25) is 10.1 Å². The highest BCUT2D eigenvalue weighted by molar-refractivity contribution is 8.00. The Labute approximate surface area is 98.7 Å². The van der Waals surface area contributed by atoms with E-state index in [1.807, 2.05) is 11.8 Å². The van der Waals surface area contributed by atoms with Crippen molar-refractivity contribution in [1.29, 1.82) is 0 Å². The Morgan fingerprint density at radius 1 is 1.40 bits per heavy atom. The van der Waals surface area contributed by atoms with Crippen molar-refractivity contribution in [1.82, 2.24) is 10.2 Å². The van der Waals surface area contributed by atoms with E-state index in [1.165, 1.54) is 0 Å². The number of carbonyl (C=O) groups excluding carboxylic acids is 2. The van der Waals surface area contributed by atoms with Crippen molar-refractivity contribution in [3.63, 3.8) is 0 Å². The topological polar surface area (TPSA) is 49.4 Å². The highest BCUT2D eigenvalue weighted by atomic mass is 35.5. The van der Waals surface area contributed by atoms with Crippen LogP contribution in [0.3, 0.4) is 0 Å². The Hall–Kier alpha value is -0.420. The molecule has 1 rings (SSSR count). The monoisotopic (exact) mass is 250 g/mol. The van der Waals surface area contributed by atoms with Gasteiger partial charge in [-0.15, -0.1) is 11.6 Å². The number of hydrogen-bond donors (Lipinski definition) is 1. The van der Waals surface area contributed by atoms with Gasteiger partial charge in [-0.2, -0.15) is 11.8 Å². The first-order valence-corrected chi connectivity index (χ1v) is 6.31. The molecule has 1 heterocycles. The second-order valence-corrected chi connectivity index (χ2v) is 5.80. The fourth-order valence-electron chi connectivity index (χ4n) is 1.58. The first kappa shape index (κ1) is 12.6. The molecule has 0 aromatic heterocycles. The Morgan fingerprint density at radius 2 is 1.93 bits per heavy atom. The van der Waals surface area contributed by atoms with Gasteiger partial charge in [-0.25, -0.2) is 4.79 Å². The number of imide groups is 1. The molecule has 0 aliphatic carbocycles. The van der Waals surface area contributed by atoms with Gasteiger partial charge in [0, 0.05) is 23.6 Å². The molecule has 1 aliphatic heterocycles. The largest absolute Gasteiger partial charge is 0.324 e. The second kappa shape index (κ2) is 5.61. The normalized spacial score (nSPS) is 26.2. The molecule has 1 fully saturated rings. The zero-order chi connectivity index (χ0) is 11.4. The molecule has 86 valence electrons. The summed E-state index contributed by atoms with van der Waals surface area (Å²) in [6.45, 7) is 5.50. The summed E-state index contributed by atoms with van der Waals surface area (Å²) in [4.78, 5) is 24.2. The number of nitrogens with zero attached hydrogens (tertiary/aromatic N) is 1. The Bertz CT molecular complexity index is 252. The Balaban J connectivity index is 2.48. The average Bonchev–Trinajstić information content (AvgIpc) is 2.16. The molecular weight excluding hydrogens is 236 g/mol. The van der Waals surface area contributed by atoms with Crippen LogP contribution in [-0.2, 0) is 4.79 Å². The highest BCUT2D eigenvalue weighted by Gasteiger charge is 2.26. The van der Waals surface area contributed by atoms with Crippen LogP contribution in [0.5, 0.6) is 0 Å². The number of hydrogen-bond acceptors (Lipinski definition) is 3. The summed E-state index contributed by atoms with van der Waals surface area (Å²) >= 11 is 7.16. The fourth-order valence-corrected chi connectivity index (χ4v) is 2.97. The lowest BCUT2D eigenvalue weighted by molar-refractivity contribution is -0.117. The van der Waals surface area contributed by atoms with Gasteiger partial charge in [0.2, 0.25) is 5.91 Å². The van der Waals surface area contributed by atoms with Crippen LogP contribution in [0.15, 0.2) is 0 Å². The van der Waals surface area contributed by atoms with Crippen molar-refractivity contribution in [3.05, 3.63) is 0 Å². The standard InChI is InChI=1S/C9H15ClN2O2S/c1-6-4-12(5-7(2)15-6)9(14)11-8(13)3-10/h6-7H,3-5H2,1-2H3,(H,11,13,14). The molecule has 0 spiro atoms. The summed E-state index contributed by atoms with van der Waals surface area (Å²) in [5.74, 6) is -0.625. The second-order valence-electron chi connectivity index (χ2n) is 3.65. The third-order valence-corrected chi connectivity index (χ3v) is 3.54. The van der Waals surface area contributed by atoms with Crippen molar-refractivity contribution in [2.75, 3.05) is 19.0 Å². The summed E-state index contributed by atoms with van der Waals surface area (Å²) in [6.07, 6.45) is 0. The minimum absolute atomic E-state index is 0.181. The van der Waals surface area contributed by atoms with Gasteiger partial charge in [0.25, 0.3) is 0 Å². The molecule has 4 nitrogen and oxygen atoms in total. The summed E-state index contributed by atoms with van der Waals surface area (Å²) < 4.78 is 0. The number of alkyl halides is 1. The van der Waals surface area contributed by atoms with Gasteiger partial charge in [0.1, 0.15) is 5.88 Å². The molecule has 0 saturated carbocycles. The number of urea groups is 1. The average molecular weight is 251 g/mol. The third-order valence-electron chi connectivity index (χ3n) is 2.07. The predicted octanol–water partition coefficient (Wildman–Crippen LogP) is 1.29. The molecule has 6 heteroatoms. The summed E-state index contributed by atoms with van der Waals surface area (Å²) in [6, 6.07) is -0.334. The van der Waals surface area contributed by atoms with Crippen LogP contribution in [0.1, 0.15) is 13.8 Å². The fraction of sp³-hybridized carbons (Fsp3) is 0.778. The van der Waals surface area contributed by atoms with E-state index in [4.69, 9.17) is 11.6 Å². The third kappa shape index (κ3) is 3.91. The van der Waals surface area contributed by atoms with Crippen LogP contribution in [0.4, 0.5) is 4.79 Å². The van der Waals surface area contributed by atoms with Crippen molar-refractivity contribution in [2.24, 2.45) is 0 Å². The van der Waals surface area contributed by atoms with Crippen LogP contribution in [0.2, 0.25) is 0 Å². The molecular formula is C9H15ClN2O2S. The van der Waals surface area contributed by atoms with Gasteiger partial charge in [0.05, 0.1) is 0 Å². The quantitative estimate of drug-likeness (QED) is 0.714. The highest BCUT2D eigenvalue weighted by Crippen LogP contribution is 2.24. The van der Waals surface area contributed by atoms with Crippen LogP contribution in [-0.4, -0.2) is 46.3 Å². The van der Waals surface area contributed by atoms with Crippen molar-refractivity contribution in [3.8, 4) is 0 Å². The van der Waals surface area contributed by atoms with E-state index < -0.39 is 5.91 Å². The van der Waals surface area contributed by atoms with Crippen LogP contribution in [0, 0.1) is 0 Å². The number of carbonyl (C=O) groups is 2. The van der Waals surface area contributed by atoms with E-state index in [1.54, 1.807) is 4.90 Å². The predicted molar refractivity (Wildman–Crippen MR) is 62.3 cm³/mol.